The molecule has 0 radical (unpaired) electrons. The number of carbonyl (C=O) groups is 2. The Kier molecular flexibility index (Phi) is 3.61. The summed E-state index contributed by atoms with van der Waals surface area (Å²) in [5.41, 5.74) is -1.10. The number of hydrogen-bond donors (Lipinski definition) is 1. The molecule has 0 spiro atoms. The van der Waals surface area contributed by atoms with Crippen LogP contribution in [0.3, 0.4) is 0 Å². The first-order valence-corrected chi connectivity index (χ1v) is 6.66. The summed E-state index contributed by atoms with van der Waals surface area (Å²) in [6, 6.07) is 0.185. The third-order valence-corrected chi connectivity index (χ3v) is 4.24. The summed E-state index contributed by atoms with van der Waals surface area (Å²) in [6.45, 7) is 1.54. The summed E-state index contributed by atoms with van der Waals surface area (Å²) < 4.78 is 0. The van der Waals surface area contributed by atoms with Crippen LogP contribution in [0.25, 0.3) is 0 Å². The Bertz CT molecular complexity index is 350. The average Bonchev–Trinajstić information content (AvgIpc) is 2.61. The molecular formula is C13H22N2O3. The van der Waals surface area contributed by atoms with Crippen molar-refractivity contribution < 1.29 is 14.7 Å². The van der Waals surface area contributed by atoms with E-state index >= 15 is 0 Å². The molecule has 1 aliphatic heterocycles. The summed E-state index contributed by atoms with van der Waals surface area (Å²) >= 11 is 0. The number of carbonyl (C=O) groups excluding carboxylic acids is 1. The second kappa shape index (κ2) is 4.88. The number of amides is 1. The molecule has 0 aromatic rings. The zero-order valence-corrected chi connectivity index (χ0v) is 11.2. The van der Waals surface area contributed by atoms with Crippen LogP contribution in [-0.4, -0.2) is 60.0 Å². The second-order valence-electron chi connectivity index (χ2n) is 5.80. The minimum absolute atomic E-state index is 0.148. The largest absolute Gasteiger partial charge is 0.480 e. The quantitative estimate of drug-likeness (QED) is 0.754. The molecule has 0 aromatic carbocycles. The Morgan fingerprint density at radius 2 is 2.00 bits per heavy atom. The third-order valence-electron chi connectivity index (χ3n) is 4.24. The van der Waals surface area contributed by atoms with Gasteiger partial charge in [-0.3, -0.25) is 9.59 Å². The van der Waals surface area contributed by atoms with E-state index in [1.165, 1.54) is 0 Å². The highest BCUT2D eigenvalue weighted by atomic mass is 16.4. The maximum atomic E-state index is 12.5. The van der Waals surface area contributed by atoms with Crippen molar-refractivity contribution in [2.24, 2.45) is 5.41 Å². The monoisotopic (exact) mass is 254 g/mol. The van der Waals surface area contributed by atoms with Crippen LogP contribution >= 0.6 is 0 Å². The van der Waals surface area contributed by atoms with Crippen molar-refractivity contribution in [2.45, 2.75) is 38.1 Å². The molecule has 5 heteroatoms. The van der Waals surface area contributed by atoms with Crippen LogP contribution < -0.4 is 0 Å². The summed E-state index contributed by atoms with van der Waals surface area (Å²) in [4.78, 5) is 27.8. The maximum absolute atomic E-state index is 12.5. The number of likely N-dealkylation sites (tertiary alicyclic amines) is 1. The zero-order chi connectivity index (χ0) is 13.3. The molecule has 1 heterocycles. The van der Waals surface area contributed by atoms with Gasteiger partial charge in [-0.25, -0.2) is 0 Å². The molecule has 18 heavy (non-hydrogen) atoms. The predicted octanol–water partition coefficient (Wildman–Crippen LogP) is 0.794. The number of carboxylic acids is 1. The number of carboxylic acid groups (broad SMARTS) is 1. The number of rotatable bonds is 4. The van der Waals surface area contributed by atoms with Crippen molar-refractivity contribution >= 4 is 11.9 Å². The van der Waals surface area contributed by atoms with Crippen molar-refractivity contribution in [1.82, 2.24) is 9.80 Å². The Morgan fingerprint density at radius 3 is 2.44 bits per heavy atom. The molecule has 1 saturated carbocycles. The van der Waals surface area contributed by atoms with Crippen molar-refractivity contribution in [3.63, 3.8) is 0 Å². The van der Waals surface area contributed by atoms with E-state index < -0.39 is 11.4 Å². The van der Waals surface area contributed by atoms with Gasteiger partial charge in [-0.2, -0.15) is 0 Å². The molecule has 1 aliphatic carbocycles. The van der Waals surface area contributed by atoms with Gasteiger partial charge in [0.05, 0.1) is 0 Å². The molecule has 2 fully saturated rings. The lowest BCUT2D eigenvalue weighted by Gasteiger charge is -2.41. The molecule has 2 rings (SSSR count). The molecule has 0 bridgehead atoms. The summed E-state index contributed by atoms with van der Waals surface area (Å²) in [6.07, 6.45) is 3.84. The molecule has 102 valence electrons. The maximum Gasteiger partial charge on any atom is 0.319 e. The molecule has 1 N–H and O–H groups in total. The van der Waals surface area contributed by atoms with Gasteiger partial charge in [-0.1, -0.05) is 6.42 Å². The standard InChI is InChI=1S/C13H22N2O3/c1-14(2)9-10-5-3-8-15(10)11(16)13(12(17)18)6-4-7-13/h10H,3-9H2,1-2H3,(H,17,18). The minimum Gasteiger partial charge on any atom is -0.480 e. The summed E-state index contributed by atoms with van der Waals surface area (Å²) in [7, 11) is 3.97. The topological polar surface area (TPSA) is 60.9 Å². The molecule has 0 aromatic heterocycles. The lowest BCUT2D eigenvalue weighted by molar-refractivity contribution is -0.168. The van der Waals surface area contributed by atoms with Gasteiger partial charge in [0.1, 0.15) is 5.41 Å². The Morgan fingerprint density at radius 1 is 1.33 bits per heavy atom. The van der Waals surface area contributed by atoms with Gasteiger partial charge >= 0.3 is 5.97 Å². The Balaban J connectivity index is 2.10. The molecular weight excluding hydrogens is 232 g/mol. The van der Waals surface area contributed by atoms with Gasteiger partial charge in [-0.05, 0) is 39.8 Å². The number of aliphatic carboxylic acids is 1. The van der Waals surface area contributed by atoms with Gasteiger partial charge in [-0.15, -0.1) is 0 Å². The van der Waals surface area contributed by atoms with Gasteiger partial charge in [0.15, 0.2) is 0 Å². The lowest BCUT2D eigenvalue weighted by Crippen LogP contribution is -2.55. The third kappa shape index (κ3) is 2.11. The fourth-order valence-electron chi connectivity index (χ4n) is 3.04. The van der Waals surface area contributed by atoms with Crippen LogP contribution in [0.5, 0.6) is 0 Å². The first-order valence-electron chi connectivity index (χ1n) is 6.66. The molecule has 5 nitrogen and oxygen atoms in total. The van der Waals surface area contributed by atoms with E-state index in [9.17, 15) is 14.7 Å². The highest BCUT2D eigenvalue weighted by Crippen LogP contribution is 2.44. The van der Waals surface area contributed by atoms with Crippen molar-refractivity contribution in [2.75, 3.05) is 27.2 Å². The Hall–Kier alpha value is -1.10. The fourth-order valence-corrected chi connectivity index (χ4v) is 3.04. The van der Waals surface area contributed by atoms with E-state index in [1.54, 1.807) is 0 Å². The van der Waals surface area contributed by atoms with Crippen LogP contribution in [0, 0.1) is 5.41 Å². The Labute approximate surface area is 108 Å². The molecule has 2 aliphatic rings. The molecule has 1 unspecified atom stereocenters. The van der Waals surface area contributed by atoms with Crippen LogP contribution in [0.15, 0.2) is 0 Å². The highest BCUT2D eigenvalue weighted by molar-refractivity contribution is 6.03. The molecule has 1 amide bonds. The van der Waals surface area contributed by atoms with E-state index in [0.717, 1.165) is 25.8 Å². The number of hydrogen-bond acceptors (Lipinski definition) is 3. The van der Waals surface area contributed by atoms with Gasteiger partial charge in [0.2, 0.25) is 5.91 Å². The van der Waals surface area contributed by atoms with Crippen molar-refractivity contribution in [3.8, 4) is 0 Å². The van der Waals surface area contributed by atoms with Gasteiger partial charge in [0, 0.05) is 19.1 Å². The van der Waals surface area contributed by atoms with Gasteiger partial charge < -0.3 is 14.9 Å². The first-order chi connectivity index (χ1) is 8.47. The van der Waals surface area contributed by atoms with Crippen molar-refractivity contribution in [3.05, 3.63) is 0 Å². The van der Waals surface area contributed by atoms with Crippen LogP contribution in [0.1, 0.15) is 32.1 Å². The van der Waals surface area contributed by atoms with E-state index in [4.69, 9.17) is 0 Å². The second-order valence-corrected chi connectivity index (χ2v) is 5.80. The minimum atomic E-state index is -1.10. The molecule has 1 atom stereocenters. The average molecular weight is 254 g/mol. The van der Waals surface area contributed by atoms with E-state index in [1.807, 2.05) is 19.0 Å². The predicted molar refractivity (Wildman–Crippen MR) is 67.2 cm³/mol. The molecule has 1 saturated heterocycles. The van der Waals surface area contributed by atoms with Crippen molar-refractivity contribution in [1.29, 1.82) is 0 Å². The van der Waals surface area contributed by atoms with Crippen LogP contribution in [-0.2, 0) is 9.59 Å². The summed E-state index contributed by atoms with van der Waals surface area (Å²) in [5, 5.41) is 9.32. The lowest BCUT2D eigenvalue weighted by atomic mass is 9.67. The summed E-state index contributed by atoms with van der Waals surface area (Å²) in [5.74, 6) is -1.08. The van der Waals surface area contributed by atoms with E-state index in [2.05, 4.69) is 4.90 Å². The first kappa shape index (κ1) is 13.3. The zero-order valence-electron chi connectivity index (χ0n) is 11.2. The van der Waals surface area contributed by atoms with Gasteiger partial charge in [0.25, 0.3) is 0 Å². The number of likely N-dealkylation sites (N-methyl/N-ethyl adjacent to an activating group) is 1. The van der Waals surface area contributed by atoms with E-state index in [0.29, 0.717) is 19.4 Å². The fraction of sp³-hybridized carbons (Fsp3) is 0.846. The smallest absolute Gasteiger partial charge is 0.319 e. The normalized spacial score (nSPS) is 26.2. The number of nitrogens with zero attached hydrogens (tertiary/aromatic N) is 2. The van der Waals surface area contributed by atoms with Crippen LogP contribution in [0.4, 0.5) is 0 Å². The van der Waals surface area contributed by atoms with Crippen LogP contribution in [0.2, 0.25) is 0 Å². The van der Waals surface area contributed by atoms with E-state index in [-0.39, 0.29) is 11.9 Å². The SMILES string of the molecule is CN(C)CC1CCCN1C(=O)C1(C(=O)O)CCC1. The highest BCUT2D eigenvalue weighted by Gasteiger charge is 2.54.